The highest BCUT2D eigenvalue weighted by Crippen LogP contribution is 2.35. The van der Waals surface area contributed by atoms with Gasteiger partial charge in [-0.3, -0.25) is 4.90 Å². The Hall–Kier alpha value is -1.37. The zero-order valence-electron chi connectivity index (χ0n) is 9.89. The van der Waals surface area contributed by atoms with Crippen LogP contribution in [0.2, 0.25) is 0 Å². The maximum absolute atomic E-state index is 8.96. The van der Waals surface area contributed by atoms with Crippen molar-refractivity contribution in [3.8, 4) is 6.07 Å². The van der Waals surface area contributed by atoms with Crippen LogP contribution in [0.25, 0.3) is 0 Å². The van der Waals surface area contributed by atoms with E-state index in [1.165, 1.54) is 30.4 Å². The molecule has 2 unspecified atom stereocenters. The molecule has 1 saturated heterocycles. The minimum absolute atomic E-state index is 0.0762. The van der Waals surface area contributed by atoms with E-state index in [2.05, 4.69) is 17.0 Å². The van der Waals surface area contributed by atoms with Crippen LogP contribution >= 0.6 is 0 Å². The van der Waals surface area contributed by atoms with Crippen molar-refractivity contribution in [2.24, 2.45) is 5.73 Å². The predicted molar refractivity (Wildman–Crippen MR) is 66.1 cm³/mol. The average Bonchev–Trinajstić information content (AvgIpc) is 2.39. The van der Waals surface area contributed by atoms with E-state index in [1.807, 2.05) is 12.1 Å². The highest BCUT2D eigenvalue weighted by Gasteiger charge is 2.34. The SMILES string of the molecule is N#Cc1ccc2c(c1)C(N)C1CCCCN1C2. The van der Waals surface area contributed by atoms with Gasteiger partial charge in [-0.15, -0.1) is 0 Å². The third-order valence-corrected chi connectivity index (χ3v) is 4.09. The average molecular weight is 227 g/mol. The zero-order chi connectivity index (χ0) is 11.8. The Morgan fingerprint density at radius 2 is 2.24 bits per heavy atom. The normalized spacial score (nSPS) is 28.0. The van der Waals surface area contributed by atoms with E-state index in [1.54, 1.807) is 0 Å². The molecule has 3 heteroatoms. The molecule has 88 valence electrons. The molecule has 3 nitrogen and oxygen atoms in total. The Balaban J connectivity index is 2.01. The van der Waals surface area contributed by atoms with Crippen LogP contribution in [-0.2, 0) is 6.54 Å². The molecule has 0 saturated carbocycles. The van der Waals surface area contributed by atoms with Crippen molar-refractivity contribution in [2.45, 2.75) is 37.9 Å². The number of hydrogen-bond acceptors (Lipinski definition) is 3. The Kier molecular flexibility index (Phi) is 2.62. The number of piperidine rings is 1. The van der Waals surface area contributed by atoms with E-state index in [9.17, 15) is 0 Å². The maximum Gasteiger partial charge on any atom is 0.0991 e. The molecule has 2 heterocycles. The zero-order valence-corrected chi connectivity index (χ0v) is 9.89. The molecule has 1 fully saturated rings. The summed E-state index contributed by atoms with van der Waals surface area (Å²) in [6.45, 7) is 2.16. The number of fused-ring (bicyclic) bond motifs is 2. The monoisotopic (exact) mass is 227 g/mol. The molecule has 2 aliphatic rings. The van der Waals surface area contributed by atoms with Gasteiger partial charge in [0, 0.05) is 18.6 Å². The van der Waals surface area contributed by atoms with E-state index < -0.39 is 0 Å². The second kappa shape index (κ2) is 4.14. The van der Waals surface area contributed by atoms with Crippen LogP contribution in [0.3, 0.4) is 0 Å². The van der Waals surface area contributed by atoms with Crippen molar-refractivity contribution in [2.75, 3.05) is 6.54 Å². The number of nitriles is 1. The first-order valence-electron chi connectivity index (χ1n) is 6.32. The van der Waals surface area contributed by atoms with Gasteiger partial charge in [-0.2, -0.15) is 5.26 Å². The van der Waals surface area contributed by atoms with Crippen LogP contribution in [0.5, 0.6) is 0 Å². The smallest absolute Gasteiger partial charge is 0.0991 e. The molecule has 2 atom stereocenters. The number of nitrogens with zero attached hydrogens (tertiary/aromatic N) is 2. The van der Waals surface area contributed by atoms with E-state index in [-0.39, 0.29) is 6.04 Å². The lowest BCUT2D eigenvalue weighted by Gasteiger charge is -2.43. The summed E-state index contributed by atoms with van der Waals surface area (Å²) >= 11 is 0. The summed E-state index contributed by atoms with van der Waals surface area (Å²) in [6.07, 6.45) is 3.76. The van der Waals surface area contributed by atoms with Gasteiger partial charge in [-0.25, -0.2) is 0 Å². The highest BCUT2D eigenvalue weighted by molar-refractivity contribution is 5.41. The van der Waals surface area contributed by atoms with Crippen molar-refractivity contribution in [1.82, 2.24) is 4.90 Å². The van der Waals surface area contributed by atoms with Gasteiger partial charge >= 0.3 is 0 Å². The number of nitrogens with two attached hydrogens (primary N) is 1. The first-order chi connectivity index (χ1) is 8.29. The first kappa shape index (κ1) is 10.8. The maximum atomic E-state index is 8.96. The fraction of sp³-hybridized carbons (Fsp3) is 0.500. The van der Waals surface area contributed by atoms with Gasteiger partial charge in [0.1, 0.15) is 0 Å². The van der Waals surface area contributed by atoms with Gasteiger partial charge in [-0.1, -0.05) is 12.5 Å². The third-order valence-electron chi connectivity index (χ3n) is 4.09. The standard InChI is InChI=1S/C14H17N3/c15-8-10-4-5-11-9-17-6-2-1-3-13(17)14(16)12(11)7-10/h4-5,7,13-14H,1-3,6,9,16H2. The van der Waals surface area contributed by atoms with Gasteiger partial charge in [-0.05, 0) is 42.6 Å². The molecule has 3 rings (SSSR count). The van der Waals surface area contributed by atoms with Gasteiger partial charge in [0.2, 0.25) is 0 Å². The van der Waals surface area contributed by atoms with Crippen molar-refractivity contribution in [3.63, 3.8) is 0 Å². The van der Waals surface area contributed by atoms with Gasteiger partial charge < -0.3 is 5.73 Å². The molecule has 1 aromatic carbocycles. The van der Waals surface area contributed by atoms with Gasteiger partial charge in [0.25, 0.3) is 0 Å². The lowest BCUT2D eigenvalue weighted by atomic mass is 9.84. The number of benzene rings is 1. The van der Waals surface area contributed by atoms with Crippen LogP contribution in [0.4, 0.5) is 0 Å². The number of hydrogen-bond donors (Lipinski definition) is 1. The van der Waals surface area contributed by atoms with Gasteiger partial charge in [0.15, 0.2) is 0 Å². The lowest BCUT2D eigenvalue weighted by Crippen LogP contribution is -2.48. The summed E-state index contributed by atoms with van der Waals surface area (Å²) in [4.78, 5) is 2.50. The van der Waals surface area contributed by atoms with E-state index in [0.717, 1.165) is 18.7 Å². The molecular weight excluding hydrogens is 210 g/mol. The van der Waals surface area contributed by atoms with E-state index in [0.29, 0.717) is 6.04 Å². The first-order valence-corrected chi connectivity index (χ1v) is 6.32. The molecule has 0 aromatic heterocycles. The van der Waals surface area contributed by atoms with Crippen LogP contribution in [0, 0.1) is 11.3 Å². The second-order valence-corrected chi connectivity index (χ2v) is 5.08. The molecule has 2 aliphatic heterocycles. The van der Waals surface area contributed by atoms with Crippen LogP contribution < -0.4 is 5.73 Å². The Morgan fingerprint density at radius 3 is 3.06 bits per heavy atom. The fourth-order valence-electron chi connectivity index (χ4n) is 3.16. The molecular formula is C14H17N3. The molecule has 0 amide bonds. The third kappa shape index (κ3) is 1.74. The molecule has 0 aliphatic carbocycles. The predicted octanol–water partition coefficient (Wildman–Crippen LogP) is 1.93. The molecule has 1 aromatic rings. The topological polar surface area (TPSA) is 53.1 Å². The minimum Gasteiger partial charge on any atom is -0.323 e. The Bertz CT molecular complexity index is 475. The van der Waals surface area contributed by atoms with Gasteiger partial charge in [0.05, 0.1) is 11.6 Å². The highest BCUT2D eigenvalue weighted by atomic mass is 15.2. The van der Waals surface area contributed by atoms with Crippen LogP contribution in [0.15, 0.2) is 18.2 Å². The summed E-state index contributed by atoms with van der Waals surface area (Å²) < 4.78 is 0. The Labute approximate surface area is 102 Å². The summed E-state index contributed by atoms with van der Waals surface area (Å²) in [5, 5.41) is 8.96. The molecule has 0 radical (unpaired) electrons. The number of rotatable bonds is 0. The summed E-state index contributed by atoms with van der Waals surface area (Å²) in [6, 6.07) is 8.70. The van der Waals surface area contributed by atoms with E-state index in [4.69, 9.17) is 11.0 Å². The molecule has 0 spiro atoms. The molecule has 0 bridgehead atoms. The van der Waals surface area contributed by atoms with Crippen molar-refractivity contribution >= 4 is 0 Å². The van der Waals surface area contributed by atoms with Crippen molar-refractivity contribution in [1.29, 1.82) is 5.26 Å². The minimum atomic E-state index is 0.0762. The van der Waals surface area contributed by atoms with Crippen LogP contribution in [-0.4, -0.2) is 17.5 Å². The summed E-state index contributed by atoms with van der Waals surface area (Å²) in [7, 11) is 0. The molecule has 17 heavy (non-hydrogen) atoms. The Morgan fingerprint density at radius 1 is 1.35 bits per heavy atom. The quantitative estimate of drug-likeness (QED) is 0.736. The summed E-state index contributed by atoms with van der Waals surface area (Å²) in [5.41, 5.74) is 9.59. The lowest BCUT2D eigenvalue weighted by molar-refractivity contribution is 0.105. The van der Waals surface area contributed by atoms with Crippen molar-refractivity contribution in [3.05, 3.63) is 34.9 Å². The van der Waals surface area contributed by atoms with Crippen LogP contribution in [0.1, 0.15) is 42.0 Å². The van der Waals surface area contributed by atoms with E-state index >= 15 is 0 Å². The summed E-state index contributed by atoms with van der Waals surface area (Å²) in [5.74, 6) is 0. The van der Waals surface area contributed by atoms with Crippen molar-refractivity contribution < 1.29 is 0 Å². The molecule has 2 N–H and O–H groups in total. The second-order valence-electron chi connectivity index (χ2n) is 5.08. The fourth-order valence-corrected chi connectivity index (χ4v) is 3.16. The largest absolute Gasteiger partial charge is 0.323 e.